The van der Waals surface area contributed by atoms with Gasteiger partial charge in [-0.15, -0.1) is 0 Å². The van der Waals surface area contributed by atoms with E-state index in [1.54, 1.807) is 12.1 Å². The molecule has 1 fully saturated rings. The van der Waals surface area contributed by atoms with Crippen molar-refractivity contribution in [2.24, 2.45) is 5.92 Å². The summed E-state index contributed by atoms with van der Waals surface area (Å²) in [5.41, 5.74) is 0. The summed E-state index contributed by atoms with van der Waals surface area (Å²) in [6, 6.07) is 6.91. The molecule has 1 aliphatic rings. The maximum absolute atomic E-state index is 11.2. The van der Waals surface area contributed by atoms with Crippen molar-refractivity contribution in [3.8, 4) is 5.75 Å². The summed E-state index contributed by atoms with van der Waals surface area (Å²) in [6.45, 7) is 4.20. The maximum atomic E-state index is 11.2. The van der Waals surface area contributed by atoms with E-state index in [-0.39, 0.29) is 12.0 Å². The van der Waals surface area contributed by atoms with Crippen LogP contribution < -0.4 is 4.74 Å². The largest absolute Gasteiger partial charge is 0.494 e. The van der Waals surface area contributed by atoms with Crippen molar-refractivity contribution >= 4 is 17.6 Å². The van der Waals surface area contributed by atoms with E-state index in [9.17, 15) is 9.90 Å². The van der Waals surface area contributed by atoms with E-state index >= 15 is 0 Å². The zero-order chi connectivity index (χ0) is 14.5. The lowest BCUT2D eigenvalue weighted by molar-refractivity contribution is -0.143. The Bertz CT molecular complexity index is 449. The first-order valence-electron chi connectivity index (χ1n) is 6.93. The van der Waals surface area contributed by atoms with Crippen LogP contribution in [-0.4, -0.2) is 41.7 Å². The van der Waals surface area contributed by atoms with E-state index in [4.69, 9.17) is 16.3 Å². The van der Waals surface area contributed by atoms with Gasteiger partial charge in [-0.1, -0.05) is 18.5 Å². The number of nitrogens with zero attached hydrogens (tertiary/aromatic N) is 1. The Hall–Kier alpha value is -1.26. The molecule has 1 saturated heterocycles. The lowest BCUT2D eigenvalue weighted by atomic mass is 10.0. The van der Waals surface area contributed by atoms with Crippen LogP contribution in [0.25, 0.3) is 0 Å². The van der Waals surface area contributed by atoms with Crippen LogP contribution in [0.2, 0.25) is 5.02 Å². The standard InChI is InChI=1S/C15H20ClNO3/c1-11-7-9-17(14(11)15(18)19)8-2-10-20-13-5-3-12(16)4-6-13/h3-6,11,14H,2,7-10H2,1H3,(H,18,19). The molecule has 1 N–H and O–H groups in total. The van der Waals surface area contributed by atoms with Crippen molar-refractivity contribution in [3.05, 3.63) is 29.3 Å². The molecule has 1 heterocycles. The van der Waals surface area contributed by atoms with Gasteiger partial charge in [-0.05, 0) is 49.6 Å². The average Bonchev–Trinajstić information content (AvgIpc) is 2.78. The van der Waals surface area contributed by atoms with Crippen LogP contribution in [0.15, 0.2) is 24.3 Å². The van der Waals surface area contributed by atoms with E-state index in [1.807, 2.05) is 24.0 Å². The third-order valence-electron chi connectivity index (χ3n) is 3.73. The van der Waals surface area contributed by atoms with Gasteiger partial charge in [-0.2, -0.15) is 0 Å². The molecular weight excluding hydrogens is 278 g/mol. The number of halogens is 1. The van der Waals surface area contributed by atoms with Gasteiger partial charge in [0.2, 0.25) is 0 Å². The van der Waals surface area contributed by atoms with E-state index in [2.05, 4.69) is 0 Å². The zero-order valence-corrected chi connectivity index (χ0v) is 12.3. The SMILES string of the molecule is CC1CCN(CCCOc2ccc(Cl)cc2)C1C(=O)O. The molecule has 2 unspecified atom stereocenters. The number of likely N-dealkylation sites (tertiary alicyclic amines) is 1. The van der Waals surface area contributed by atoms with Crippen LogP contribution in [0.3, 0.4) is 0 Å². The number of carboxylic acid groups (broad SMARTS) is 1. The Morgan fingerprint density at radius 1 is 1.45 bits per heavy atom. The Balaban J connectivity index is 1.73. The molecule has 0 bridgehead atoms. The molecule has 0 spiro atoms. The maximum Gasteiger partial charge on any atom is 0.321 e. The second kappa shape index (κ2) is 6.95. The van der Waals surface area contributed by atoms with Crippen molar-refractivity contribution < 1.29 is 14.6 Å². The lowest BCUT2D eigenvalue weighted by Gasteiger charge is -2.22. The summed E-state index contributed by atoms with van der Waals surface area (Å²) in [4.78, 5) is 13.3. The topological polar surface area (TPSA) is 49.8 Å². The van der Waals surface area contributed by atoms with E-state index in [1.165, 1.54) is 0 Å². The van der Waals surface area contributed by atoms with Crippen molar-refractivity contribution in [2.75, 3.05) is 19.7 Å². The fourth-order valence-electron chi connectivity index (χ4n) is 2.67. The number of hydrogen-bond donors (Lipinski definition) is 1. The summed E-state index contributed by atoms with van der Waals surface area (Å²) in [5, 5.41) is 9.92. The van der Waals surface area contributed by atoms with Gasteiger partial charge in [0.25, 0.3) is 0 Å². The predicted octanol–water partition coefficient (Wildman–Crippen LogP) is 2.90. The summed E-state index contributed by atoms with van der Waals surface area (Å²) < 4.78 is 5.61. The highest BCUT2D eigenvalue weighted by Gasteiger charge is 2.35. The van der Waals surface area contributed by atoms with Gasteiger partial charge in [-0.3, -0.25) is 9.69 Å². The van der Waals surface area contributed by atoms with E-state index < -0.39 is 5.97 Å². The fourth-order valence-corrected chi connectivity index (χ4v) is 2.79. The van der Waals surface area contributed by atoms with Gasteiger partial charge < -0.3 is 9.84 Å². The highest BCUT2D eigenvalue weighted by Crippen LogP contribution is 2.24. The fraction of sp³-hybridized carbons (Fsp3) is 0.533. The van der Waals surface area contributed by atoms with Crippen LogP contribution in [0.4, 0.5) is 0 Å². The highest BCUT2D eigenvalue weighted by molar-refractivity contribution is 6.30. The summed E-state index contributed by atoms with van der Waals surface area (Å²) >= 11 is 5.80. The number of aliphatic carboxylic acids is 1. The molecule has 1 aliphatic heterocycles. The van der Waals surface area contributed by atoms with Crippen molar-refractivity contribution in [3.63, 3.8) is 0 Å². The summed E-state index contributed by atoms with van der Waals surface area (Å²) in [5.74, 6) is 0.303. The molecule has 1 aromatic rings. The van der Waals surface area contributed by atoms with Crippen molar-refractivity contribution in [2.45, 2.75) is 25.8 Å². The van der Waals surface area contributed by atoms with Gasteiger partial charge >= 0.3 is 5.97 Å². The second-order valence-corrected chi connectivity index (χ2v) is 5.68. The van der Waals surface area contributed by atoms with Gasteiger partial charge in [0, 0.05) is 11.6 Å². The number of carbonyl (C=O) groups is 1. The van der Waals surface area contributed by atoms with Crippen molar-refractivity contribution in [1.82, 2.24) is 4.90 Å². The van der Waals surface area contributed by atoms with Crippen molar-refractivity contribution in [1.29, 1.82) is 0 Å². The van der Waals surface area contributed by atoms with Crippen LogP contribution in [0.5, 0.6) is 5.75 Å². The molecule has 110 valence electrons. The minimum Gasteiger partial charge on any atom is -0.494 e. The molecule has 0 radical (unpaired) electrons. The number of benzene rings is 1. The molecule has 2 rings (SSSR count). The predicted molar refractivity (Wildman–Crippen MR) is 78.3 cm³/mol. The third-order valence-corrected chi connectivity index (χ3v) is 3.98. The first-order valence-corrected chi connectivity index (χ1v) is 7.31. The Morgan fingerprint density at radius 3 is 2.80 bits per heavy atom. The molecular formula is C15H20ClNO3. The molecule has 0 amide bonds. The Morgan fingerprint density at radius 2 is 2.15 bits per heavy atom. The molecule has 0 aliphatic carbocycles. The molecule has 5 heteroatoms. The van der Waals surface area contributed by atoms with Gasteiger partial charge in [-0.25, -0.2) is 0 Å². The normalized spacial score (nSPS) is 22.9. The number of carboxylic acids is 1. The highest BCUT2D eigenvalue weighted by atomic mass is 35.5. The minimum atomic E-state index is -0.714. The Kier molecular flexibility index (Phi) is 5.26. The molecule has 4 nitrogen and oxygen atoms in total. The summed E-state index contributed by atoms with van der Waals surface area (Å²) in [7, 11) is 0. The monoisotopic (exact) mass is 297 g/mol. The number of ether oxygens (including phenoxy) is 1. The Labute approximate surface area is 124 Å². The second-order valence-electron chi connectivity index (χ2n) is 5.24. The first kappa shape index (κ1) is 15.1. The molecule has 0 aromatic heterocycles. The van der Waals surface area contributed by atoms with Crippen LogP contribution in [0, 0.1) is 5.92 Å². The summed E-state index contributed by atoms with van der Waals surface area (Å²) in [6.07, 6.45) is 1.77. The van der Waals surface area contributed by atoms with Gasteiger partial charge in [0.05, 0.1) is 6.61 Å². The molecule has 20 heavy (non-hydrogen) atoms. The molecule has 2 atom stereocenters. The average molecular weight is 298 g/mol. The molecule has 0 saturated carbocycles. The van der Waals surface area contributed by atoms with Gasteiger partial charge in [0.1, 0.15) is 11.8 Å². The number of rotatable bonds is 6. The minimum absolute atomic E-state index is 0.227. The lowest BCUT2D eigenvalue weighted by Crippen LogP contribution is -2.39. The first-order chi connectivity index (χ1) is 9.58. The zero-order valence-electron chi connectivity index (χ0n) is 11.6. The van der Waals surface area contributed by atoms with E-state index in [0.29, 0.717) is 11.6 Å². The smallest absolute Gasteiger partial charge is 0.321 e. The van der Waals surface area contributed by atoms with Crippen LogP contribution in [-0.2, 0) is 4.79 Å². The quantitative estimate of drug-likeness (QED) is 0.820. The third kappa shape index (κ3) is 3.87. The van der Waals surface area contributed by atoms with Crippen LogP contribution in [0.1, 0.15) is 19.8 Å². The molecule has 1 aromatic carbocycles. The van der Waals surface area contributed by atoms with E-state index in [0.717, 1.165) is 31.7 Å². The van der Waals surface area contributed by atoms with Gasteiger partial charge in [0.15, 0.2) is 0 Å². The number of hydrogen-bond acceptors (Lipinski definition) is 3. The van der Waals surface area contributed by atoms with Crippen LogP contribution >= 0.6 is 11.6 Å².